The van der Waals surface area contributed by atoms with Gasteiger partial charge >= 0.3 is 0 Å². The van der Waals surface area contributed by atoms with Gasteiger partial charge in [-0.3, -0.25) is 9.59 Å². The van der Waals surface area contributed by atoms with Gasteiger partial charge in [0.2, 0.25) is 11.8 Å². The van der Waals surface area contributed by atoms with E-state index in [1.807, 2.05) is 0 Å². The van der Waals surface area contributed by atoms with E-state index >= 15 is 0 Å². The molecule has 8 nitrogen and oxygen atoms in total. The van der Waals surface area contributed by atoms with Crippen LogP contribution in [0.1, 0.15) is 20.7 Å². The molecule has 0 spiro atoms. The molecule has 2 rings (SSSR count). The Morgan fingerprint density at radius 2 is 1.19 bits per heavy atom. The van der Waals surface area contributed by atoms with Gasteiger partial charge in [0, 0.05) is 22.3 Å². The summed E-state index contributed by atoms with van der Waals surface area (Å²) in [6.07, 6.45) is 0. The molecule has 0 radical (unpaired) electrons. The van der Waals surface area contributed by atoms with Gasteiger partial charge in [0.1, 0.15) is 0 Å². The van der Waals surface area contributed by atoms with Crippen LogP contribution in [0.3, 0.4) is 0 Å². The second-order valence-corrected chi connectivity index (χ2v) is 5.56. The third kappa shape index (κ3) is 3.62. The first-order valence-corrected chi connectivity index (χ1v) is 8.12. The van der Waals surface area contributed by atoms with Crippen LogP contribution in [-0.2, 0) is 0 Å². The number of carbonyl (C=O) groups excluding carboxylic acids is 2. The van der Waals surface area contributed by atoms with E-state index in [9.17, 15) is 9.59 Å². The summed E-state index contributed by atoms with van der Waals surface area (Å²) in [6.45, 7) is 0. The maximum atomic E-state index is 11.7. The van der Waals surface area contributed by atoms with Crippen LogP contribution in [0.5, 0.6) is 23.0 Å². The van der Waals surface area contributed by atoms with E-state index in [2.05, 4.69) is 0 Å². The number of rotatable bonds is 7. The number of hydrogen-bond donors (Lipinski definition) is 2. The fourth-order valence-corrected chi connectivity index (χ4v) is 2.85. The first-order valence-electron chi connectivity index (χ1n) is 7.24. The van der Waals surface area contributed by atoms with Crippen molar-refractivity contribution >= 4 is 34.8 Å². The molecule has 0 fully saturated rings. The average Bonchev–Trinajstić information content (AvgIpc) is 2.65. The quantitative estimate of drug-likeness (QED) is 0.597. The molecule has 0 heterocycles. The molecule has 0 aliphatic carbocycles. The Morgan fingerprint density at radius 3 is 1.54 bits per heavy atom. The van der Waals surface area contributed by atoms with Crippen LogP contribution < -0.4 is 28.7 Å². The van der Waals surface area contributed by atoms with Crippen molar-refractivity contribution in [2.75, 3.05) is 21.3 Å². The van der Waals surface area contributed by atoms with Gasteiger partial charge in [0.15, 0.2) is 46.0 Å². The summed E-state index contributed by atoms with van der Waals surface area (Å²) in [5.41, 5.74) is 12.1. The molecule has 0 saturated carbocycles. The molecule has 0 atom stereocenters. The van der Waals surface area contributed by atoms with E-state index < -0.39 is 11.8 Å². The maximum Gasteiger partial charge on any atom is 0.248 e. The lowest BCUT2D eigenvalue weighted by Gasteiger charge is -2.18. The Balaban J connectivity index is 2.93. The molecule has 0 saturated heterocycles. The lowest BCUT2D eigenvalue weighted by atomic mass is 9.97. The molecule has 0 bridgehead atoms. The van der Waals surface area contributed by atoms with Gasteiger partial charge < -0.3 is 28.7 Å². The van der Waals surface area contributed by atoms with Crippen molar-refractivity contribution in [1.82, 2.24) is 0 Å². The van der Waals surface area contributed by atoms with Crippen molar-refractivity contribution in [2.45, 2.75) is 0 Å². The van der Waals surface area contributed by atoms with Gasteiger partial charge in [-0.2, -0.15) is 0 Å². The minimum Gasteiger partial charge on any atom is -0.493 e. The Hall–Kier alpha value is -2.69. The predicted octanol–water partition coefficient (Wildman–Crippen LogP) is 2.31. The van der Waals surface area contributed by atoms with Gasteiger partial charge in [0.05, 0.1) is 21.3 Å². The Bertz CT molecular complexity index is 797. The number of ether oxygens (including phenoxy) is 3. The van der Waals surface area contributed by atoms with Crippen LogP contribution >= 0.6 is 23.0 Å². The van der Waals surface area contributed by atoms with Crippen LogP contribution in [0.15, 0.2) is 24.3 Å². The number of halogens is 1. The molecule has 2 aromatic carbocycles. The molecular formula is C17H17IN2O6. The van der Waals surface area contributed by atoms with Gasteiger partial charge in [-0.1, -0.05) is 0 Å². The second-order valence-electron chi connectivity index (χ2n) is 5.12. The van der Waals surface area contributed by atoms with E-state index in [-0.39, 0.29) is 16.9 Å². The van der Waals surface area contributed by atoms with Crippen LogP contribution in [0.2, 0.25) is 0 Å². The molecule has 2 amide bonds. The zero-order chi connectivity index (χ0) is 19.4. The molecule has 26 heavy (non-hydrogen) atoms. The van der Waals surface area contributed by atoms with Crippen LogP contribution in [-0.4, -0.2) is 33.1 Å². The molecule has 9 heteroatoms. The molecule has 0 aliphatic heterocycles. The van der Waals surface area contributed by atoms with Gasteiger partial charge in [-0.05, 0) is 24.3 Å². The average molecular weight is 472 g/mol. The highest BCUT2D eigenvalue weighted by Gasteiger charge is 2.23. The number of benzene rings is 2. The number of amides is 2. The van der Waals surface area contributed by atoms with E-state index in [0.717, 1.165) is 0 Å². The van der Waals surface area contributed by atoms with Crippen molar-refractivity contribution in [1.29, 1.82) is 0 Å². The Kier molecular flexibility index (Phi) is 6.14. The lowest BCUT2D eigenvalue weighted by Crippen LogP contribution is -2.13. The molecule has 2 aromatic rings. The second kappa shape index (κ2) is 8.13. The fraction of sp³-hybridized carbons (Fsp3) is 0.176. The summed E-state index contributed by atoms with van der Waals surface area (Å²) in [5.74, 6) is -0.0708. The highest BCUT2D eigenvalue weighted by Crippen LogP contribution is 2.46. The SMILES string of the molecule is COc1cc(C(N)=O)cc(-c2cc(C(N)=O)cc(OI)c2OC)c1OC. The van der Waals surface area contributed by atoms with E-state index in [0.29, 0.717) is 28.4 Å². The molecule has 138 valence electrons. The monoisotopic (exact) mass is 472 g/mol. The predicted molar refractivity (Wildman–Crippen MR) is 103 cm³/mol. The molecular weight excluding hydrogens is 455 g/mol. The molecule has 0 aliphatic rings. The van der Waals surface area contributed by atoms with E-state index in [1.54, 1.807) is 23.0 Å². The van der Waals surface area contributed by atoms with Gasteiger partial charge in [-0.15, -0.1) is 0 Å². The Morgan fingerprint density at radius 1 is 0.769 bits per heavy atom. The number of nitrogens with two attached hydrogens (primary N) is 2. The topological polar surface area (TPSA) is 123 Å². The molecule has 0 unspecified atom stereocenters. The normalized spacial score (nSPS) is 10.2. The van der Waals surface area contributed by atoms with Crippen LogP contribution in [0.4, 0.5) is 0 Å². The first-order chi connectivity index (χ1) is 12.4. The van der Waals surface area contributed by atoms with Crippen LogP contribution in [0.25, 0.3) is 11.1 Å². The van der Waals surface area contributed by atoms with Crippen molar-refractivity contribution in [3.05, 3.63) is 35.4 Å². The summed E-state index contributed by atoms with van der Waals surface area (Å²) in [6, 6.07) is 5.95. The van der Waals surface area contributed by atoms with Crippen molar-refractivity contribution < 1.29 is 26.9 Å². The number of carbonyl (C=O) groups is 2. The Labute approximate surface area is 164 Å². The van der Waals surface area contributed by atoms with Crippen LogP contribution in [0, 0.1) is 0 Å². The summed E-state index contributed by atoms with van der Waals surface area (Å²) in [5, 5.41) is 0. The third-order valence-electron chi connectivity index (χ3n) is 3.68. The summed E-state index contributed by atoms with van der Waals surface area (Å²) >= 11 is 1.67. The maximum absolute atomic E-state index is 11.7. The summed E-state index contributed by atoms with van der Waals surface area (Å²) in [7, 11) is 4.33. The standard InChI is InChI=1S/C17H17IN2O6/c1-23-12-6-8(16(19)21)4-10(14(12)24-2)11-5-9(17(20)22)7-13(26-18)15(11)25-3/h4-7H,1-3H3,(H2,19,21)(H2,20,22). The number of primary amides is 2. The highest BCUT2D eigenvalue weighted by atomic mass is 127. The van der Waals surface area contributed by atoms with Gasteiger partial charge in [0.25, 0.3) is 0 Å². The van der Waals surface area contributed by atoms with Crippen molar-refractivity contribution in [3.8, 4) is 34.1 Å². The minimum atomic E-state index is -0.652. The number of methoxy groups -OCH3 is 3. The highest BCUT2D eigenvalue weighted by molar-refractivity contribution is 14.1. The summed E-state index contributed by atoms with van der Waals surface area (Å²) in [4.78, 5) is 23.4. The van der Waals surface area contributed by atoms with Gasteiger partial charge in [-0.25, -0.2) is 0 Å². The third-order valence-corrected chi connectivity index (χ3v) is 4.15. The molecule has 4 N–H and O–H groups in total. The van der Waals surface area contributed by atoms with E-state index in [1.165, 1.54) is 45.6 Å². The smallest absolute Gasteiger partial charge is 0.248 e. The summed E-state index contributed by atoms with van der Waals surface area (Å²) < 4.78 is 21.4. The lowest BCUT2D eigenvalue weighted by molar-refractivity contribution is 0.0991. The zero-order valence-corrected chi connectivity index (χ0v) is 16.4. The zero-order valence-electron chi connectivity index (χ0n) is 14.3. The number of hydrogen-bond acceptors (Lipinski definition) is 6. The minimum absolute atomic E-state index is 0.193. The molecule has 0 aromatic heterocycles. The fourth-order valence-electron chi connectivity index (χ4n) is 2.52. The van der Waals surface area contributed by atoms with E-state index in [4.69, 9.17) is 28.7 Å². The largest absolute Gasteiger partial charge is 0.493 e. The van der Waals surface area contributed by atoms with Crippen molar-refractivity contribution in [2.24, 2.45) is 11.5 Å². The first kappa shape index (κ1) is 19.6. The van der Waals surface area contributed by atoms with Crippen molar-refractivity contribution in [3.63, 3.8) is 0 Å².